The van der Waals surface area contributed by atoms with Gasteiger partial charge in [0.15, 0.2) is 0 Å². The van der Waals surface area contributed by atoms with Crippen LogP contribution in [0.25, 0.3) is 0 Å². The van der Waals surface area contributed by atoms with Crippen LogP contribution in [0.2, 0.25) is 0 Å². The van der Waals surface area contributed by atoms with Gasteiger partial charge in [0, 0.05) is 13.1 Å². The first-order chi connectivity index (χ1) is 9.53. The fraction of sp³-hybridized carbons (Fsp3) is 0.562. The molecule has 0 bridgehead atoms. The minimum Gasteiger partial charge on any atom is -0.393 e. The van der Waals surface area contributed by atoms with Crippen molar-refractivity contribution in [2.75, 3.05) is 13.1 Å². The van der Waals surface area contributed by atoms with Gasteiger partial charge in [-0.15, -0.1) is 0 Å². The predicted octanol–water partition coefficient (Wildman–Crippen LogP) is 2.09. The Kier molecular flexibility index (Phi) is 3.28. The van der Waals surface area contributed by atoms with Crippen LogP contribution >= 0.6 is 0 Å². The number of aliphatic hydroxyl groups is 1. The molecule has 2 atom stereocenters. The summed E-state index contributed by atoms with van der Waals surface area (Å²) in [7, 11) is 0. The highest BCUT2D eigenvalue weighted by molar-refractivity contribution is 5.91. The van der Waals surface area contributed by atoms with E-state index in [2.05, 4.69) is 0 Å². The van der Waals surface area contributed by atoms with Crippen LogP contribution in [-0.4, -0.2) is 35.1 Å². The van der Waals surface area contributed by atoms with Crippen molar-refractivity contribution in [2.24, 2.45) is 5.92 Å². The maximum absolute atomic E-state index is 13.0. The smallest absolute Gasteiger partial charge is 0.233 e. The SMILES string of the molecule is CC1CN(C(=O)C2(c3ccc(F)cc3)CC2)CCC1O. The second-order valence-corrected chi connectivity index (χ2v) is 6.17. The van der Waals surface area contributed by atoms with Crippen molar-refractivity contribution in [1.29, 1.82) is 0 Å². The molecule has 1 aliphatic heterocycles. The number of amides is 1. The number of carbonyl (C=O) groups excluding carboxylic acids is 1. The summed E-state index contributed by atoms with van der Waals surface area (Å²) in [5.74, 6) is -0.00806. The molecule has 20 heavy (non-hydrogen) atoms. The number of piperidine rings is 1. The van der Waals surface area contributed by atoms with Crippen LogP contribution in [-0.2, 0) is 10.2 Å². The van der Waals surface area contributed by atoms with Crippen molar-refractivity contribution < 1.29 is 14.3 Å². The van der Waals surface area contributed by atoms with Crippen LogP contribution in [0.4, 0.5) is 4.39 Å². The molecule has 2 unspecified atom stereocenters. The highest BCUT2D eigenvalue weighted by Gasteiger charge is 2.53. The lowest BCUT2D eigenvalue weighted by molar-refractivity contribution is -0.137. The number of aliphatic hydroxyl groups excluding tert-OH is 1. The first-order valence-electron chi connectivity index (χ1n) is 7.26. The van der Waals surface area contributed by atoms with Gasteiger partial charge in [-0.1, -0.05) is 19.1 Å². The van der Waals surface area contributed by atoms with E-state index in [1.807, 2.05) is 11.8 Å². The maximum atomic E-state index is 13.0. The van der Waals surface area contributed by atoms with Gasteiger partial charge in [-0.25, -0.2) is 4.39 Å². The van der Waals surface area contributed by atoms with Gasteiger partial charge in [0.05, 0.1) is 11.5 Å². The Morgan fingerprint density at radius 3 is 2.55 bits per heavy atom. The summed E-state index contributed by atoms with van der Waals surface area (Å²) >= 11 is 0. The van der Waals surface area contributed by atoms with Crippen molar-refractivity contribution in [2.45, 2.75) is 37.7 Å². The summed E-state index contributed by atoms with van der Waals surface area (Å²) in [4.78, 5) is 14.6. The van der Waals surface area contributed by atoms with E-state index < -0.39 is 5.41 Å². The molecule has 4 heteroatoms. The minimum atomic E-state index is -0.435. The van der Waals surface area contributed by atoms with Gasteiger partial charge < -0.3 is 10.0 Å². The van der Waals surface area contributed by atoms with Crippen LogP contribution in [0.1, 0.15) is 31.7 Å². The second kappa shape index (κ2) is 4.85. The van der Waals surface area contributed by atoms with Crippen molar-refractivity contribution in [1.82, 2.24) is 4.90 Å². The maximum Gasteiger partial charge on any atom is 0.233 e. The summed E-state index contributed by atoms with van der Waals surface area (Å²) in [6.45, 7) is 3.21. The van der Waals surface area contributed by atoms with E-state index in [4.69, 9.17) is 0 Å². The molecule has 108 valence electrons. The quantitative estimate of drug-likeness (QED) is 0.899. The average Bonchev–Trinajstić information content (AvgIpc) is 3.23. The molecular weight excluding hydrogens is 257 g/mol. The van der Waals surface area contributed by atoms with Gasteiger partial charge in [-0.05, 0) is 42.9 Å². The lowest BCUT2D eigenvalue weighted by Gasteiger charge is -2.36. The van der Waals surface area contributed by atoms with Gasteiger partial charge >= 0.3 is 0 Å². The Bertz CT molecular complexity index is 510. The van der Waals surface area contributed by atoms with Crippen molar-refractivity contribution >= 4 is 5.91 Å². The zero-order valence-electron chi connectivity index (χ0n) is 11.7. The third-order valence-electron chi connectivity index (χ3n) is 4.70. The Balaban J connectivity index is 1.78. The lowest BCUT2D eigenvalue weighted by Crippen LogP contribution is -2.48. The highest BCUT2D eigenvalue weighted by atomic mass is 19.1. The zero-order valence-corrected chi connectivity index (χ0v) is 11.7. The first-order valence-corrected chi connectivity index (χ1v) is 7.26. The number of likely N-dealkylation sites (tertiary alicyclic amines) is 1. The summed E-state index contributed by atoms with van der Waals surface area (Å²) in [6.07, 6.45) is 2.02. The van der Waals surface area contributed by atoms with Crippen molar-refractivity contribution in [3.05, 3.63) is 35.6 Å². The van der Waals surface area contributed by atoms with E-state index in [0.717, 1.165) is 18.4 Å². The van der Waals surface area contributed by atoms with Crippen LogP contribution in [0.15, 0.2) is 24.3 Å². The molecule has 1 aromatic carbocycles. The molecule has 1 aliphatic carbocycles. The van der Waals surface area contributed by atoms with Gasteiger partial charge in [-0.3, -0.25) is 4.79 Å². The minimum absolute atomic E-state index is 0.122. The summed E-state index contributed by atoms with van der Waals surface area (Å²) < 4.78 is 13.0. The largest absolute Gasteiger partial charge is 0.393 e. The van der Waals surface area contributed by atoms with E-state index in [0.29, 0.717) is 19.5 Å². The molecule has 0 radical (unpaired) electrons. The molecule has 1 saturated heterocycles. The van der Waals surface area contributed by atoms with Crippen LogP contribution in [0.3, 0.4) is 0 Å². The fourth-order valence-corrected chi connectivity index (χ4v) is 3.14. The van der Waals surface area contributed by atoms with Crippen LogP contribution in [0.5, 0.6) is 0 Å². The molecule has 1 saturated carbocycles. The van der Waals surface area contributed by atoms with Crippen LogP contribution < -0.4 is 0 Å². The highest BCUT2D eigenvalue weighted by Crippen LogP contribution is 2.50. The number of halogens is 1. The third-order valence-corrected chi connectivity index (χ3v) is 4.70. The molecule has 1 amide bonds. The number of hydrogen-bond donors (Lipinski definition) is 1. The average molecular weight is 277 g/mol. The normalized spacial score (nSPS) is 28.2. The monoisotopic (exact) mass is 277 g/mol. The zero-order chi connectivity index (χ0) is 14.3. The van der Waals surface area contributed by atoms with Gasteiger partial charge in [0.25, 0.3) is 0 Å². The molecule has 2 fully saturated rings. The lowest BCUT2D eigenvalue weighted by atomic mass is 9.91. The molecule has 1 heterocycles. The number of nitrogens with zero attached hydrogens (tertiary/aromatic N) is 1. The van der Waals surface area contributed by atoms with E-state index in [-0.39, 0.29) is 23.7 Å². The summed E-state index contributed by atoms with van der Waals surface area (Å²) in [6, 6.07) is 6.29. The van der Waals surface area contributed by atoms with E-state index in [9.17, 15) is 14.3 Å². The van der Waals surface area contributed by atoms with E-state index >= 15 is 0 Å². The molecule has 1 N–H and O–H groups in total. The molecule has 0 aromatic heterocycles. The standard InChI is InChI=1S/C16H20FNO2/c1-11-10-18(9-6-14(11)19)15(20)16(7-8-16)12-2-4-13(17)5-3-12/h2-5,11,14,19H,6-10H2,1H3. The summed E-state index contributed by atoms with van der Waals surface area (Å²) in [5, 5.41) is 9.76. The molecule has 2 aliphatic rings. The Labute approximate surface area is 118 Å². The first kappa shape index (κ1) is 13.6. The molecular formula is C16H20FNO2. The van der Waals surface area contributed by atoms with Gasteiger partial charge in [0.2, 0.25) is 5.91 Å². The molecule has 1 aromatic rings. The van der Waals surface area contributed by atoms with Crippen LogP contribution in [0, 0.1) is 11.7 Å². The van der Waals surface area contributed by atoms with Crippen molar-refractivity contribution in [3.63, 3.8) is 0 Å². The molecule has 0 spiro atoms. The van der Waals surface area contributed by atoms with E-state index in [1.54, 1.807) is 12.1 Å². The number of carbonyl (C=O) groups is 1. The number of rotatable bonds is 2. The molecule has 3 rings (SSSR count). The Hall–Kier alpha value is -1.42. The predicted molar refractivity (Wildman–Crippen MR) is 73.7 cm³/mol. The molecule has 3 nitrogen and oxygen atoms in total. The third kappa shape index (κ3) is 2.22. The number of hydrogen-bond acceptors (Lipinski definition) is 2. The van der Waals surface area contributed by atoms with E-state index in [1.165, 1.54) is 12.1 Å². The van der Waals surface area contributed by atoms with Gasteiger partial charge in [0.1, 0.15) is 5.82 Å². The topological polar surface area (TPSA) is 40.5 Å². The number of benzene rings is 1. The fourth-order valence-electron chi connectivity index (χ4n) is 3.14. The summed E-state index contributed by atoms with van der Waals surface area (Å²) in [5.41, 5.74) is 0.484. The Morgan fingerprint density at radius 2 is 2.00 bits per heavy atom. The van der Waals surface area contributed by atoms with Gasteiger partial charge in [-0.2, -0.15) is 0 Å². The van der Waals surface area contributed by atoms with Crippen molar-refractivity contribution in [3.8, 4) is 0 Å². The second-order valence-electron chi connectivity index (χ2n) is 6.17. The Morgan fingerprint density at radius 1 is 1.35 bits per heavy atom.